The molecule has 0 amide bonds. The van der Waals surface area contributed by atoms with Crippen LogP contribution in [0.2, 0.25) is 0 Å². The lowest BCUT2D eigenvalue weighted by Gasteiger charge is -2.14. The molecule has 0 aliphatic rings. The first-order chi connectivity index (χ1) is 15.5. The predicted octanol–water partition coefficient (Wildman–Crippen LogP) is 4.04. The molecule has 0 aliphatic carbocycles. The van der Waals surface area contributed by atoms with Crippen LogP contribution in [0, 0.1) is 0 Å². The average molecular weight is 430 g/mol. The molecule has 2 aromatic carbocycles. The third-order valence-electron chi connectivity index (χ3n) is 5.18. The number of rotatable bonds is 7. The maximum atomic E-state index is 5.50. The molecule has 0 fully saturated rings. The monoisotopic (exact) mass is 429 g/mol. The molecule has 0 bridgehead atoms. The van der Waals surface area contributed by atoms with E-state index in [9.17, 15) is 0 Å². The Morgan fingerprint density at radius 2 is 1.72 bits per heavy atom. The van der Waals surface area contributed by atoms with Gasteiger partial charge in [0.05, 0.1) is 43.3 Å². The molecule has 0 radical (unpaired) electrons. The molecule has 32 heavy (non-hydrogen) atoms. The third kappa shape index (κ3) is 4.63. The van der Waals surface area contributed by atoms with Crippen LogP contribution >= 0.6 is 0 Å². The van der Waals surface area contributed by atoms with E-state index < -0.39 is 0 Å². The van der Waals surface area contributed by atoms with Crippen LogP contribution in [0.4, 0.5) is 0 Å². The number of fused-ring (bicyclic) bond motifs is 1. The highest BCUT2D eigenvalue weighted by Crippen LogP contribution is 2.32. The van der Waals surface area contributed by atoms with Crippen LogP contribution in [0.15, 0.2) is 61.1 Å². The summed E-state index contributed by atoms with van der Waals surface area (Å²) in [5.74, 6) is 1.49. The summed E-state index contributed by atoms with van der Waals surface area (Å²) in [4.78, 5) is 11.6. The Kier molecular flexibility index (Phi) is 6.18. The lowest BCUT2D eigenvalue weighted by Crippen LogP contribution is -2.11. The summed E-state index contributed by atoms with van der Waals surface area (Å²) in [6.45, 7) is 0.786. The molecule has 7 heteroatoms. The Morgan fingerprint density at radius 1 is 0.969 bits per heavy atom. The zero-order valence-electron chi connectivity index (χ0n) is 19.0. The molecule has 2 heterocycles. The normalized spacial score (nSPS) is 11.9. The second-order valence-electron chi connectivity index (χ2n) is 7.84. The van der Waals surface area contributed by atoms with E-state index in [0.29, 0.717) is 0 Å². The van der Waals surface area contributed by atoms with Gasteiger partial charge in [0.25, 0.3) is 0 Å². The van der Waals surface area contributed by atoms with Gasteiger partial charge in [0.15, 0.2) is 0 Å². The van der Waals surface area contributed by atoms with Crippen LogP contribution in [0.3, 0.4) is 0 Å². The largest absolute Gasteiger partial charge is 0.497 e. The molecule has 0 aliphatic heterocycles. The van der Waals surface area contributed by atoms with Crippen molar-refractivity contribution in [3.05, 3.63) is 72.2 Å². The predicted molar refractivity (Wildman–Crippen MR) is 127 cm³/mol. The molecule has 7 nitrogen and oxygen atoms in total. The highest BCUT2D eigenvalue weighted by Gasteiger charge is 2.12. The quantitative estimate of drug-likeness (QED) is 0.442. The van der Waals surface area contributed by atoms with E-state index in [0.717, 1.165) is 57.0 Å². The van der Waals surface area contributed by atoms with E-state index in [-0.39, 0.29) is 0 Å². The van der Waals surface area contributed by atoms with Crippen LogP contribution in [0.5, 0.6) is 11.5 Å². The number of methoxy groups -OCH3 is 2. The van der Waals surface area contributed by atoms with E-state index in [4.69, 9.17) is 14.5 Å². The molecular weight excluding hydrogens is 402 g/mol. The van der Waals surface area contributed by atoms with Gasteiger partial charge in [-0.15, -0.1) is 0 Å². The van der Waals surface area contributed by atoms with Crippen LogP contribution in [-0.4, -0.2) is 59.5 Å². The second kappa shape index (κ2) is 9.20. The number of likely N-dealkylation sites (N-methyl/N-ethyl adjacent to an activating group) is 1. The summed E-state index contributed by atoms with van der Waals surface area (Å²) in [7, 11) is 9.31. The number of ether oxygens (including phenoxy) is 2. The fraction of sp³-hybridized carbons (Fsp3) is 0.240. The van der Waals surface area contributed by atoms with E-state index in [1.165, 1.54) is 0 Å². The van der Waals surface area contributed by atoms with E-state index in [1.807, 2.05) is 51.6 Å². The average Bonchev–Trinajstić information content (AvgIpc) is 3.24. The Morgan fingerprint density at radius 3 is 2.34 bits per heavy atom. The molecule has 0 saturated heterocycles. The standard InChI is InChI=1S/C25H27N5O2/c1-29(2)9-8-22(18-10-20(31-4)13-21(11-18)32-5)17-6-7-23-24(12-17)28-25(15-26-23)19-14-27-30(3)16-19/h6-8,10-16H,9H2,1-5H3/b22-8-. The number of aromatic nitrogens is 4. The van der Waals surface area contributed by atoms with Gasteiger partial charge < -0.3 is 14.4 Å². The number of hydrogen-bond acceptors (Lipinski definition) is 6. The van der Waals surface area contributed by atoms with Gasteiger partial charge in [-0.2, -0.15) is 5.10 Å². The summed E-state index contributed by atoms with van der Waals surface area (Å²) in [5, 5.41) is 4.24. The summed E-state index contributed by atoms with van der Waals surface area (Å²) in [6, 6.07) is 12.1. The molecule has 2 aromatic heterocycles. The third-order valence-corrected chi connectivity index (χ3v) is 5.18. The maximum Gasteiger partial charge on any atom is 0.123 e. The Balaban J connectivity index is 1.83. The highest BCUT2D eigenvalue weighted by atomic mass is 16.5. The van der Waals surface area contributed by atoms with Gasteiger partial charge in [-0.05, 0) is 55.1 Å². The van der Waals surface area contributed by atoms with Crippen molar-refractivity contribution in [1.29, 1.82) is 0 Å². The first kappa shape index (κ1) is 21.5. The number of hydrogen-bond donors (Lipinski definition) is 0. The number of benzene rings is 2. The van der Waals surface area contributed by atoms with Gasteiger partial charge >= 0.3 is 0 Å². The highest BCUT2D eigenvalue weighted by molar-refractivity contribution is 5.87. The molecule has 164 valence electrons. The van der Waals surface area contributed by atoms with Gasteiger partial charge in [0.2, 0.25) is 0 Å². The fourth-order valence-corrected chi connectivity index (χ4v) is 3.51. The van der Waals surface area contributed by atoms with Gasteiger partial charge in [-0.25, -0.2) is 4.98 Å². The van der Waals surface area contributed by atoms with E-state index in [1.54, 1.807) is 31.3 Å². The van der Waals surface area contributed by atoms with E-state index in [2.05, 4.69) is 33.2 Å². The number of nitrogens with zero attached hydrogens (tertiary/aromatic N) is 5. The Labute approximate surface area is 187 Å². The van der Waals surface area contributed by atoms with Gasteiger partial charge in [0.1, 0.15) is 11.5 Å². The van der Waals surface area contributed by atoms with Crippen LogP contribution < -0.4 is 9.47 Å². The van der Waals surface area contributed by atoms with Crippen LogP contribution in [0.25, 0.3) is 27.9 Å². The number of aryl methyl sites for hydroxylation is 1. The van der Waals surface area contributed by atoms with Crippen molar-refractivity contribution in [3.8, 4) is 22.8 Å². The van der Waals surface area contributed by atoms with Gasteiger partial charge in [-0.3, -0.25) is 9.67 Å². The molecule has 0 N–H and O–H groups in total. The lowest BCUT2D eigenvalue weighted by molar-refractivity contribution is 0.394. The van der Waals surface area contributed by atoms with Crippen LogP contribution in [0.1, 0.15) is 11.1 Å². The Bertz CT molecular complexity index is 1250. The molecule has 4 rings (SSSR count). The van der Waals surface area contributed by atoms with Gasteiger partial charge in [0, 0.05) is 31.4 Å². The van der Waals surface area contributed by atoms with Crippen molar-refractivity contribution >= 4 is 16.6 Å². The van der Waals surface area contributed by atoms with Crippen molar-refractivity contribution in [2.45, 2.75) is 0 Å². The minimum absolute atomic E-state index is 0.745. The summed E-state index contributed by atoms with van der Waals surface area (Å²) >= 11 is 0. The second-order valence-corrected chi connectivity index (χ2v) is 7.84. The fourth-order valence-electron chi connectivity index (χ4n) is 3.51. The van der Waals surface area contributed by atoms with Crippen molar-refractivity contribution in [1.82, 2.24) is 24.6 Å². The Hall–Kier alpha value is -3.71. The SMILES string of the molecule is COc1cc(OC)cc(/C(=C\CN(C)C)c2ccc3ncc(-c4cnn(C)c4)nc3c2)c1. The van der Waals surface area contributed by atoms with Crippen LogP contribution in [-0.2, 0) is 7.05 Å². The molecule has 0 saturated carbocycles. The smallest absolute Gasteiger partial charge is 0.123 e. The van der Waals surface area contributed by atoms with Gasteiger partial charge in [-0.1, -0.05) is 12.1 Å². The molecule has 0 spiro atoms. The van der Waals surface area contributed by atoms with Crippen molar-refractivity contribution in [3.63, 3.8) is 0 Å². The molecule has 0 atom stereocenters. The lowest BCUT2D eigenvalue weighted by atomic mass is 9.96. The molecular formula is C25H27N5O2. The minimum Gasteiger partial charge on any atom is -0.497 e. The zero-order chi connectivity index (χ0) is 22.7. The topological polar surface area (TPSA) is 65.3 Å². The van der Waals surface area contributed by atoms with E-state index >= 15 is 0 Å². The summed E-state index contributed by atoms with van der Waals surface area (Å²) < 4.78 is 12.8. The summed E-state index contributed by atoms with van der Waals surface area (Å²) in [5.41, 5.74) is 6.54. The minimum atomic E-state index is 0.745. The van der Waals surface area contributed by atoms with Crippen molar-refractivity contribution < 1.29 is 9.47 Å². The first-order valence-corrected chi connectivity index (χ1v) is 10.3. The first-order valence-electron chi connectivity index (χ1n) is 10.3. The molecule has 4 aromatic rings. The maximum absolute atomic E-state index is 5.50. The molecule has 0 unspecified atom stereocenters. The summed E-state index contributed by atoms with van der Waals surface area (Å²) in [6.07, 6.45) is 7.72. The zero-order valence-corrected chi connectivity index (χ0v) is 19.0. The van der Waals surface area contributed by atoms with Crippen molar-refractivity contribution in [2.24, 2.45) is 7.05 Å². The van der Waals surface area contributed by atoms with Crippen molar-refractivity contribution in [2.75, 3.05) is 34.9 Å².